The maximum atomic E-state index is 12.5. The molecule has 0 saturated carbocycles. The summed E-state index contributed by atoms with van der Waals surface area (Å²) in [4.78, 5) is 38.2. The Morgan fingerprint density at radius 3 is 2.46 bits per heavy atom. The molecule has 0 aliphatic carbocycles. The van der Waals surface area contributed by atoms with E-state index in [4.69, 9.17) is 0 Å². The minimum Gasteiger partial charge on any atom is -0.378 e. The minimum absolute atomic E-state index is 0.151. The molecule has 1 amide bonds. The molecule has 122 valence electrons. The average molecular weight is 324 g/mol. The van der Waals surface area contributed by atoms with E-state index in [2.05, 4.69) is 15.5 Å². The second kappa shape index (κ2) is 6.04. The SMILES string of the molecule is CN(C)c1cccc(C(=O)Nc2cccc3c(=O)[nH][nH]c(=O)c23)c1. The number of benzene rings is 2. The lowest BCUT2D eigenvalue weighted by Gasteiger charge is -2.13. The van der Waals surface area contributed by atoms with E-state index in [1.807, 2.05) is 25.1 Å². The van der Waals surface area contributed by atoms with E-state index in [0.717, 1.165) is 5.69 Å². The molecule has 1 aromatic heterocycles. The van der Waals surface area contributed by atoms with Crippen molar-refractivity contribution in [1.29, 1.82) is 0 Å². The number of hydrogen-bond donors (Lipinski definition) is 3. The summed E-state index contributed by atoms with van der Waals surface area (Å²) in [7, 11) is 3.76. The van der Waals surface area contributed by atoms with Crippen LogP contribution < -0.4 is 21.3 Å². The summed E-state index contributed by atoms with van der Waals surface area (Å²) in [6.45, 7) is 0. The number of nitrogens with zero attached hydrogens (tertiary/aromatic N) is 1. The number of H-pyrrole nitrogens is 2. The number of hydrogen-bond acceptors (Lipinski definition) is 4. The number of aromatic amines is 2. The third-order valence-electron chi connectivity index (χ3n) is 3.70. The first kappa shape index (κ1) is 15.5. The van der Waals surface area contributed by atoms with Gasteiger partial charge in [0, 0.05) is 25.3 Å². The Morgan fingerprint density at radius 1 is 1.00 bits per heavy atom. The van der Waals surface area contributed by atoms with Gasteiger partial charge in [0.15, 0.2) is 0 Å². The van der Waals surface area contributed by atoms with Gasteiger partial charge in [0.05, 0.1) is 16.5 Å². The third kappa shape index (κ3) is 2.79. The van der Waals surface area contributed by atoms with E-state index < -0.39 is 11.1 Å². The summed E-state index contributed by atoms with van der Waals surface area (Å²) in [6, 6.07) is 11.8. The number of rotatable bonds is 3. The summed E-state index contributed by atoms with van der Waals surface area (Å²) in [6.07, 6.45) is 0. The highest BCUT2D eigenvalue weighted by atomic mass is 16.2. The molecular formula is C17H16N4O3. The molecule has 3 N–H and O–H groups in total. The van der Waals surface area contributed by atoms with Crippen molar-refractivity contribution in [1.82, 2.24) is 10.2 Å². The lowest BCUT2D eigenvalue weighted by Crippen LogP contribution is -2.21. The van der Waals surface area contributed by atoms with Crippen LogP contribution in [0.15, 0.2) is 52.1 Å². The lowest BCUT2D eigenvalue weighted by molar-refractivity contribution is 0.102. The molecule has 0 aliphatic rings. The van der Waals surface area contributed by atoms with Gasteiger partial charge in [0.2, 0.25) is 0 Å². The van der Waals surface area contributed by atoms with Gasteiger partial charge in [-0.1, -0.05) is 12.1 Å². The number of fused-ring (bicyclic) bond motifs is 1. The largest absolute Gasteiger partial charge is 0.378 e. The number of carbonyl (C=O) groups is 1. The Morgan fingerprint density at radius 2 is 1.71 bits per heavy atom. The smallest absolute Gasteiger partial charge is 0.272 e. The molecule has 7 nitrogen and oxygen atoms in total. The summed E-state index contributed by atoms with van der Waals surface area (Å²) in [5.41, 5.74) is 0.743. The van der Waals surface area contributed by atoms with Gasteiger partial charge < -0.3 is 10.2 Å². The number of nitrogens with one attached hydrogen (secondary N) is 3. The second-order valence-electron chi connectivity index (χ2n) is 5.54. The van der Waals surface area contributed by atoms with Crippen LogP contribution in [0.5, 0.6) is 0 Å². The van der Waals surface area contributed by atoms with Crippen LogP contribution in [-0.2, 0) is 0 Å². The maximum Gasteiger partial charge on any atom is 0.272 e. The summed E-state index contributed by atoms with van der Waals surface area (Å²) in [5, 5.41) is 7.61. The van der Waals surface area contributed by atoms with E-state index >= 15 is 0 Å². The first-order valence-corrected chi connectivity index (χ1v) is 7.30. The van der Waals surface area contributed by atoms with Crippen molar-refractivity contribution in [2.45, 2.75) is 0 Å². The van der Waals surface area contributed by atoms with Crippen LogP contribution in [0.25, 0.3) is 10.8 Å². The van der Waals surface area contributed by atoms with Crippen molar-refractivity contribution in [3.05, 3.63) is 68.7 Å². The Balaban J connectivity index is 2.03. The van der Waals surface area contributed by atoms with Crippen LogP contribution in [-0.4, -0.2) is 30.2 Å². The van der Waals surface area contributed by atoms with E-state index in [1.165, 1.54) is 6.07 Å². The van der Waals surface area contributed by atoms with Crippen LogP contribution in [0.3, 0.4) is 0 Å². The van der Waals surface area contributed by atoms with E-state index in [9.17, 15) is 14.4 Å². The van der Waals surface area contributed by atoms with Crippen LogP contribution in [0, 0.1) is 0 Å². The van der Waals surface area contributed by atoms with Gasteiger partial charge in [-0.2, -0.15) is 0 Å². The zero-order chi connectivity index (χ0) is 17.3. The number of aromatic nitrogens is 2. The Labute approximate surface area is 136 Å². The quantitative estimate of drug-likeness (QED) is 0.680. The van der Waals surface area contributed by atoms with Gasteiger partial charge in [-0.25, -0.2) is 0 Å². The molecule has 0 atom stereocenters. The zero-order valence-electron chi connectivity index (χ0n) is 13.2. The second-order valence-corrected chi connectivity index (χ2v) is 5.54. The highest BCUT2D eigenvalue weighted by molar-refractivity contribution is 6.09. The predicted molar refractivity (Wildman–Crippen MR) is 93.9 cm³/mol. The molecule has 0 bridgehead atoms. The third-order valence-corrected chi connectivity index (χ3v) is 3.70. The van der Waals surface area contributed by atoms with Crippen molar-refractivity contribution in [3.8, 4) is 0 Å². The molecule has 0 unspecified atom stereocenters. The highest BCUT2D eigenvalue weighted by Crippen LogP contribution is 2.19. The molecule has 0 spiro atoms. The predicted octanol–water partition coefficient (Wildman–Crippen LogP) is 1.53. The van der Waals surface area contributed by atoms with Crippen LogP contribution in [0.1, 0.15) is 10.4 Å². The molecular weight excluding hydrogens is 308 g/mol. The normalized spacial score (nSPS) is 10.6. The summed E-state index contributed by atoms with van der Waals surface area (Å²) >= 11 is 0. The van der Waals surface area contributed by atoms with Gasteiger partial charge in [0.1, 0.15) is 0 Å². The van der Waals surface area contributed by atoms with Gasteiger partial charge in [-0.05, 0) is 30.3 Å². The minimum atomic E-state index is -0.470. The Kier molecular flexibility index (Phi) is 3.91. The lowest BCUT2D eigenvalue weighted by atomic mass is 10.1. The van der Waals surface area contributed by atoms with Crippen molar-refractivity contribution in [2.24, 2.45) is 0 Å². The Hall–Kier alpha value is -3.35. The first-order valence-electron chi connectivity index (χ1n) is 7.30. The highest BCUT2D eigenvalue weighted by Gasteiger charge is 2.12. The number of anilines is 2. The standard InChI is InChI=1S/C17H16N4O3/c1-21(2)11-6-3-5-10(9-11)15(22)18-13-8-4-7-12-14(13)17(24)20-19-16(12)23/h3-9H,1-2H3,(H,18,22)(H,19,23)(H,20,24). The van der Waals surface area contributed by atoms with Crippen LogP contribution in [0.4, 0.5) is 11.4 Å². The molecule has 3 rings (SSSR count). The fraction of sp³-hybridized carbons (Fsp3) is 0.118. The summed E-state index contributed by atoms with van der Waals surface area (Å²) in [5.74, 6) is -0.356. The molecule has 3 aromatic rings. The average Bonchev–Trinajstić information content (AvgIpc) is 2.58. The molecule has 24 heavy (non-hydrogen) atoms. The Bertz CT molecular complexity index is 1030. The van der Waals surface area contributed by atoms with Crippen molar-refractivity contribution in [2.75, 3.05) is 24.3 Å². The van der Waals surface area contributed by atoms with E-state index in [1.54, 1.807) is 30.3 Å². The van der Waals surface area contributed by atoms with Crippen molar-refractivity contribution in [3.63, 3.8) is 0 Å². The first-order chi connectivity index (χ1) is 11.5. The molecule has 1 heterocycles. The van der Waals surface area contributed by atoms with Crippen molar-refractivity contribution >= 4 is 28.1 Å². The van der Waals surface area contributed by atoms with Crippen LogP contribution in [0.2, 0.25) is 0 Å². The van der Waals surface area contributed by atoms with Gasteiger partial charge in [-0.15, -0.1) is 0 Å². The number of amides is 1. The summed E-state index contributed by atoms with van der Waals surface area (Å²) < 4.78 is 0. The molecule has 2 aromatic carbocycles. The fourth-order valence-corrected chi connectivity index (χ4v) is 2.45. The number of carbonyl (C=O) groups excluding carboxylic acids is 1. The molecule has 0 saturated heterocycles. The van der Waals surface area contributed by atoms with Gasteiger partial charge >= 0.3 is 0 Å². The molecule has 7 heteroatoms. The van der Waals surface area contributed by atoms with Crippen LogP contribution >= 0.6 is 0 Å². The zero-order valence-corrected chi connectivity index (χ0v) is 13.2. The molecule has 0 aliphatic heterocycles. The maximum absolute atomic E-state index is 12.5. The fourth-order valence-electron chi connectivity index (χ4n) is 2.45. The van der Waals surface area contributed by atoms with Crippen molar-refractivity contribution < 1.29 is 4.79 Å². The molecule has 0 fully saturated rings. The van der Waals surface area contributed by atoms with Gasteiger partial charge in [-0.3, -0.25) is 24.6 Å². The van der Waals surface area contributed by atoms with E-state index in [0.29, 0.717) is 11.3 Å². The molecule has 0 radical (unpaired) electrons. The topological polar surface area (TPSA) is 98.1 Å². The van der Waals surface area contributed by atoms with E-state index in [-0.39, 0.29) is 16.7 Å². The van der Waals surface area contributed by atoms with Gasteiger partial charge in [0.25, 0.3) is 17.0 Å². The monoisotopic (exact) mass is 324 g/mol.